The van der Waals surface area contributed by atoms with Gasteiger partial charge in [-0.2, -0.15) is 0 Å². The van der Waals surface area contributed by atoms with Gasteiger partial charge in [0.25, 0.3) is 0 Å². The number of benzene rings is 2. The van der Waals surface area contributed by atoms with Crippen molar-refractivity contribution in [3.8, 4) is 11.5 Å². The van der Waals surface area contributed by atoms with Gasteiger partial charge in [-0.1, -0.05) is 34.1 Å². The van der Waals surface area contributed by atoms with Gasteiger partial charge in [0, 0.05) is 11.0 Å². The number of methoxy groups -OCH3 is 2. The van der Waals surface area contributed by atoms with Gasteiger partial charge in [0.1, 0.15) is 5.76 Å². The fraction of sp³-hybridized carbons (Fsp3) is 0.467. The Morgan fingerprint density at radius 1 is 1.15 bits per heavy atom. The third-order valence-corrected chi connectivity index (χ3v) is 9.38. The second-order valence-electron chi connectivity index (χ2n) is 10.6. The molecule has 39 heavy (non-hydrogen) atoms. The number of hydrogen-bond donors (Lipinski definition) is 0. The summed E-state index contributed by atoms with van der Waals surface area (Å²) < 4.78 is 29.5. The maximum absolute atomic E-state index is 13.9. The van der Waals surface area contributed by atoms with E-state index in [0.717, 1.165) is 53.7 Å². The molecule has 9 heteroatoms. The number of ether oxygens (including phenoxy) is 5. The third-order valence-electron chi connectivity index (χ3n) is 8.61. The predicted octanol–water partition coefficient (Wildman–Crippen LogP) is 4.53. The van der Waals surface area contributed by atoms with Gasteiger partial charge in [0.15, 0.2) is 17.6 Å². The molecule has 0 saturated carbocycles. The number of nitrogens with zero attached hydrogens (tertiary/aromatic N) is 1. The molecule has 4 atom stereocenters. The summed E-state index contributed by atoms with van der Waals surface area (Å²) in [6.07, 6.45) is 4.66. The Labute approximate surface area is 236 Å². The van der Waals surface area contributed by atoms with Gasteiger partial charge >= 0.3 is 11.9 Å². The number of fused-ring (bicyclic) bond motifs is 3. The van der Waals surface area contributed by atoms with E-state index in [9.17, 15) is 9.59 Å². The average molecular weight is 598 g/mol. The van der Waals surface area contributed by atoms with Gasteiger partial charge in [-0.05, 0) is 73.2 Å². The molecule has 1 spiro atoms. The van der Waals surface area contributed by atoms with Crippen molar-refractivity contribution in [3.05, 3.63) is 69.4 Å². The molecule has 2 aromatic carbocycles. The summed E-state index contributed by atoms with van der Waals surface area (Å²) in [5.74, 6) is 0.317. The summed E-state index contributed by atoms with van der Waals surface area (Å²) >= 11 is 3.57. The first kappa shape index (κ1) is 26.2. The van der Waals surface area contributed by atoms with Crippen LogP contribution in [0.15, 0.2) is 52.7 Å². The van der Waals surface area contributed by atoms with Crippen LogP contribution >= 0.6 is 15.9 Å². The summed E-state index contributed by atoms with van der Waals surface area (Å²) in [5.41, 5.74) is 2.86. The molecule has 1 saturated heterocycles. The largest absolute Gasteiger partial charge is 0.497 e. The van der Waals surface area contributed by atoms with E-state index in [1.54, 1.807) is 7.11 Å². The van der Waals surface area contributed by atoms with Gasteiger partial charge in [-0.3, -0.25) is 14.5 Å². The van der Waals surface area contributed by atoms with Crippen molar-refractivity contribution in [2.45, 2.75) is 49.7 Å². The molecule has 2 aromatic rings. The Kier molecular flexibility index (Phi) is 7.05. The van der Waals surface area contributed by atoms with Gasteiger partial charge < -0.3 is 23.7 Å². The lowest BCUT2D eigenvalue weighted by molar-refractivity contribution is -0.159. The number of carbonyl (C=O) groups excluding carboxylic acids is 2. The van der Waals surface area contributed by atoms with Crippen LogP contribution in [0.5, 0.6) is 11.5 Å². The summed E-state index contributed by atoms with van der Waals surface area (Å²) in [7, 11) is 2.96. The molecule has 0 radical (unpaired) electrons. The van der Waals surface area contributed by atoms with Crippen molar-refractivity contribution in [2.75, 3.05) is 34.1 Å². The van der Waals surface area contributed by atoms with Gasteiger partial charge in [0.2, 0.25) is 6.79 Å². The molecule has 3 heterocycles. The minimum Gasteiger partial charge on any atom is -0.497 e. The Morgan fingerprint density at radius 3 is 2.72 bits per heavy atom. The number of halogens is 1. The summed E-state index contributed by atoms with van der Waals surface area (Å²) in [5, 5.41) is 0. The summed E-state index contributed by atoms with van der Waals surface area (Å²) in [6, 6.07) is 11.8. The highest BCUT2D eigenvalue weighted by Crippen LogP contribution is 2.55. The SMILES string of the molecule is COC(=O)C[C@H](Cc1ccccc1Br)C(=O)O[C@@H]1C(OC)=C[C@]23CCCN2CCc2cc4c(cc2[C@H]13)OCO4. The van der Waals surface area contributed by atoms with E-state index in [4.69, 9.17) is 23.7 Å². The summed E-state index contributed by atoms with van der Waals surface area (Å²) in [4.78, 5) is 28.7. The van der Waals surface area contributed by atoms with Crippen molar-refractivity contribution >= 4 is 27.9 Å². The molecule has 1 aliphatic carbocycles. The molecule has 0 unspecified atom stereocenters. The van der Waals surface area contributed by atoms with Crippen LogP contribution in [0.4, 0.5) is 0 Å². The predicted molar refractivity (Wildman–Crippen MR) is 145 cm³/mol. The first-order valence-electron chi connectivity index (χ1n) is 13.4. The zero-order valence-corrected chi connectivity index (χ0v) is 23.7. The normalized spacial score (nSPS) is 25.6. The van der Waals surface area contributed by atoms with Crippen LogP contribution in [0.3, 0.4) is 0 Å². The lowest BCUT2D eigenvalue weighted by Crippen LogP contribution is -2.47. The third kappa shape index (κ3) is 4.59. The van der Waals surface area contributed by atoms with Crippen LogP contribution < -0.4 is 9.47 Å². The summed E-state index contributed by atoms with van der Waals surface area (Å²) in [6.45, 7) is 2.06. The van der Waals surface area contributed by atoms with Crippen molar-refractivity contribution < 1.29 is 33.3 Å². The van der Waals surface area contributed by atoms with Crippen LogP contribution in [0.2, 0.25) is 0 Å². The van der Waals surface area contributed by atoms with Crippen molar-refractivity contribution in [1.29, 1.82) is 0 Å². The van der Waals surface area contributed by atoms with Crippen LogP contribution in [0.1, 0.15) is 41.9 Å². The molecular formula is C30H32BrNO7. The molecule has 0 bridgehead atoms. The maximum atomic E-state index is 13.9. The minimum absolute atomic E-state index is 0.0768. The van der Waals surface area contributed by atoms with E-state index in [1.807, 2.05) is 24.3 Å². The number of esters is 2. The van der Waals surface area contributed by atoms with Crippen molar-refractivity contribution in [3.63, 3.8) is 0 Å². The first-order valence-corrected chi connectivity index (χ1v) is 14.2. The maximum Gasteiger partial charge on any atom is 0.310 e. The molecule has 4 aliphatic rings. The molecule has 0 amide bonds. The van der Waals surface area contributed by atoms with Crippen LogP contribution in [-0.2, 0) is 36.6 Å². The number of hydrogen-bond acceptors (Lipinski definition) is 8. The Balaban J connectivity index is 1.37. The van der Waals surface area contributed by atoms with Crippen molar-refractivity contribution in [2.24, 2.45) is 5.92 Å². The second kappa shape index (κ2) is 10.5. The van der Waals surface area contributed by atoms with E-state index in [-0.39, 0.29) is 24.7 Å². The molecule has 0 aromatic heterocycles. The fourth-order valence-electron chi connectivity index (χ4n) is 6.77. The monoisotopic (exact) mass is 597 g/mol. The lowest BCUT2D eigenvalue weighted by Gasteiger charge is -2.39. The Morgan fingerprint density at radius 2 is 1.95 bits per heavy atom. The standard InChI is InChI=1S/C30H32BrNO7/c1-35-25-16-30-9-5-10-32(30)11-8-18-13-23-24(38-17-37-23)15-21(18)27(30)28(25)39-29(34)20(14-26(33)36-2)12-19-6-3-4-7-22(19)31/h3-4,6-7,13,15-16,20,27-28H,5,8-12,14,17H2,1-2H3/t20-,27+,28+,30-/m0/s1. The van der Waals surface area contributed by atoms with Crippen LogP contribution in [0, 0.1) is 5.92 Å². The van der Waals surface area contributed by atoms with Gasteiger partial charge in [-0.15, -0.1) is 0 Å². The van der Waals surface area contributed by atoms with Crippen LogP contribution in [0.25, 0.3) is 0 Å². The van der Waals surface area contributed by atoms with Crippen LogP contribution in [-0.4, -0.2) is 62.6 Å². The number of rotatable bonds is 7. The smallest absolute Gasteiger partial charge is 0.310 e. The molecule has 8 nitrogen and oxygen atoms in total. The van der Waals surface area contributed by atoms with E-state index in [2.05, 4.69) is 39.0 Å². The molecule has 1 fully saturated rings. The minimum atomic E-state index is -0.715. The van der Waals surface area contributed by atoms with E-state index >= 15 is 0 Å². The van der Waals surface area contributed by atoms with E-state index < -0.39 is 24.0 Å². The number of carbonyl (C=O) groups is 2. The molecule has 6 rings (SSSR count). The molecular weight excluding hydrogens is 566 g/mol. The highest BCUT2D eigenvalue weighted by atomic mass is 79.9. The van der Waals surface area contributed by atoms with E-state index in [0.29, 0.717) is 17.9 Å². The molecule has 3 aliphatic heterocycles. The highest BCUT2D eigenvalue weighted by molar-refractivity contribution is 9.10. The molecule has 206 valence electrons. The zero-order chi connectivity index (χ0) is 27.1. The lowest BCUT2D eigenvalue weighted by atomic mass is 9.77. The Bertz CT molecular complexity index is 1330. The van der Waals surface area contributed by atoms with Gasteiger partial charge in [-0.25, -0.2) is 0 Å². The average Bonchev–Trinajstić information content (AvgIpc) is 3.63. The second-order valence-corrected chi connectivity index (χ2v) is 11.4. The zero-order valence-electron chi connectivity index (χ0n) is 22.1. The Hall–Kier alpha value is -3.04. The topological polar surface area (TPSA) is 83.5 Å². The van der Waals surface area contributed by atoms with E-state index in [1.165, 1.54) is 12.7 Å². The van der Waals surface area contributed by atoms with Gasteiger partial charge in [0.05, 0.1) is 38.0 Å². The fourth-order valence-corrected chi connectivity index (χ4v) is 7.22. The molecule has 0 N–H and O–H groups in total. The van der Waals surface area contributed by atoms with Crippen molar-refractivity contribution in [1.82, 2.24) is 4.90 Å². The quantitative estimate of drug-likeness (QED) is 0.431. The highest BCUT2D eigenvalue weighted by Gasteiger charge is 2.58. The first-order chi connectivity index (χ1) is 18.9.